The molecule has 0 aliphatic carbocycles. The number of hydrogen-bond acceptors (Lipinski definition) is 3. The zero-order valence-electron chi connectivity index (χ0n) is 8.99. The SMILES string of the molecule is CN(C)S(=O)(=O)CCC1CCCNC1. The molecule has 1 fully saturated rings. The molecule has 0 aromatic rings. The molecule has 5 heteroatoms. The third kappa shape index (κ3) is 3.55. The van der Waals surface area contributed by atoms with Gasteiger partial charge in [-0.3, -0.25) is 0 Å². The van der Waals surface area contributed by atoms with Crippen LogP contribution in [0, 0.1) is 5.92 Å². The number of piperidine rings is 1. The third-order valence-electron chi connectivity index (χ3n) is 2.74. The van der Waals surface area contributed by atoms with E-state index in [-0.39, 0.29) is 5.75 Å². The molecule has 1 heterocycles. The van der Waals surface area contributed by atoms with Gasteiger partial charge in [-0.15, -0.1) is 0 Å². The highest BCUT2D eigenvalue weighted by atomic mass is 32.2. The number of nitrogens with one attached hydrogen (secondary N) is 1. The first-order chi connectivity index (χ1) is 6.52. The maximum atomic E-state index is 11.5. The summed E-state index contributed by atoms with van der Waals surface area (Å²) in [7, 11) is 0.191. The molecular weight excluding hydrogens is 200 g/mol. The summed E-state index contributed by atoms with van der Waals surface area (Å²) in [5.74, 6) is 0.824. The fourth-order valence-corrected chi connectivity index (χ4v) is 2.66. The van der Waals surface area contributed by atoms with Crippen molar-refractivity contribution in [2.24, 2.45) is 5.92 Å². The van der Waals surface area contributed by atoms with Gasteiger partial charge in [-0.1, -0.05) is 0 Å². The Kier molecular flexibility index (Phi) is 4.34. The minimum atomic E-state index is -2.99. The van der Waals surface area contributed by atoms with E-state index in [0.717, 1.165) is 25.9 Å². The zero-order valence-corrected chi connectivity index (χ0v) is 9.81. The molecule has 4 nitrogen and oxygen atoms in total. The average molecular weight is 220 g/mol. The van der Waals surface area contributed by atoms with Crippen molar-refractivity contribution in [3.8, 4) is 0 Å². The van der Waals surface area contributed by atoms with Gasteiger partial charge >= 0.3 is 0 Å². The summed E-state index contributed by atoms with van der Waals surface area (Å²) in [6.45, 7) is 2.06. The lowest BCUT2D eigenvalue weighted by molar-refractivity contribution is 0.367. The van der Waals surface area contributed by atoms with Crippen LogP contribution in [0.4, 0.5) is 0 Å². The summed E-state index contributed by atoms with van der Waals surface area (Å²) in [5.41, 5.74) is 0. The van der Waals surface area contributed by atoms with Gasteiger partial charge in [0, 0.05) is 14.1 Å². The minimum absolute atomic E-state index is 0.284. The molecule has 0 spiro atoms. The first kappa shape index (κ1) is 11.9. The van der Waals surface area contributed by atoms with E-state index in [1.165, 1.54) is 10.7 Å². The number of rotatable bonds is 4. The molecule has 0 aromatic carbocycles. The lowest BCUT2D eigenvalue weighted by Gasteiger charge is -2.23. The van der Waals surface area contributed by atoms with E-state index in [0.29, 0.717) is 5.92 Å². The summed E-state index contributed by atoms with van der Waals surface area (Å²) in [6.07, 6.45) is 3.12. The van der Waals surface area contributed by atoms with Crippen LogP contribution in [0.5, 0.6) is 0 Å². The first-order valence-corrected chi connectivity index (χ1v) is 6.74. The van der Waals surface area contributed by atoms with E-state index < -0.39 is 10.0 Å². The van der Waals surface area contributed by atoms with Gasteiger partial charge in [0.2, 0.25) is 10.0 Å². The highest BCUT2D eigenvalue weighted by Crippen LogP contribution is 2.15. The van der Waals surface area contributed by atoms with Crippen LogP contribution in [0.2, 0.25) is 0 Å². The van der Waals surface area contributed by atoms with Crippen molar-refractivity contribution in [1.82, 2.24) is 9.62 Å². The standard InChI is InChI=1S/C9H20N2O2S/c1-11(2)14(12,13)7-5-9-4-3-6-10-8-9/h9-10H,3-8H2,1-2H3. The van der Waals surface area contributed by atoms with E-state index in [1.54, 1.807) is 14.1 Å². The molecule has 1 saturated heterocycles. The van der Waals surface area contributed by atoms with Crippen LogP contribution in [0.15, 0.2) is 0 Å². The van der Waals surface area contributed by atoms with E-state index in [4.69, 9.17) is 0 Å². The lowest BCUT2D eigenvalue weighted by Crippen LogP contribution is -2.32. The summed E-state index contributed by atoms with van der Waals surface area (Å²) < 4.78 is 24.3. The van der Waals surface area contributed by atoms with E-state index in [1.807, 2.05) is 0 Å². The highest BCUT2D eigenvalue weighted by molar-refractivity contribution is 7.89. The molecule has 1 atom stereocenters. The second-order valence-corrected chi connectivity index (χ2v) is 6.40. The van der Waals surface area contributed by atoms with Gasteiger partial charge in [-0.25, -0.2) is 12.7 Å². The number of nitrogens with zero attached hydrogens (tertiary/aromatic N) is 1. The van der Waals surface area contributed by atoms with Gasteiger partial charge in [0.15, 0.2) is 0 Å². The minimum Gasteiger partial charge on any atom is -0.316 e. The Bertz CT molecular complexity index is 256. The maximum absolute atomic E-state index is 11.5. The molecule has 1 rings (SSSR count). The van der Waals surface area contributed by atoms with Gasteiger partial charge in [0.05, 0.1) is 5.75 Å². The molecule has 14 heavy (non-hydrogen) atoms. The third-order valence-corrected chi connectivity index (χ3v) is 4.60. The zero-order chi connectivity index (χ0) is 10.6. The van der Waals surface area contributed by atoms with Crippen molar-refractivity contribution in [2.75, 3.05) is 32.9 Å². The molecule has 1 N–H and O–H groups in total. The number of sulfonamides is 1. The Labute approximate surface area is 86.7 Å². The van der Waals surface area contributed by atoms with Crippen LogP contribution < -0.4 is 5.32 Å². The van der Waals surface area contributed by atoms with Crippen molar-refractivity contribution in [1.29, 1.82) is 0 Å². The van der Waals surface area contributed by atoms with E-state index in [2.05, 4.69) is 5.32 Å². The second kappa shape index (κ2) is 5.09. The number of hydrogen-bond donors (Lipinski definition) is 1. The molecule has 0 amide bonds. The smallest absolute Gasteiger partial charge is 0.213 e. The molecule has 1 aliphatic heterocycles. The first-order valence-electron chi connectivity index (χ1n) is 5.13. The molecular formula is C9H20N2O2S. The van der Waals surface area contributed by atoms with Crippen molar-refractivity contribution in [3.63, 3.8) is 0 Å². The molecule has 0 saturated carbocycles. The highest BCUT2D eigenvalue weighted by Gasteiger charge is 2.18. The molecule has 84 valence electrons. The van der Waals surface area contributed by atoms with Crippen LogP contribution in [-0.4, -0.2) is 45.7 Å². The monoisotopic (exact) mass is 220 g/mol. The van der Waals surface area contributed by atoms with E-state index >= 15 is 0 Å². The summed E-state index contributed by atoms with van der Waals surface area (Å²) in [6, 6.07) is 0. The predicted octanol–water partition coefficient (Wildman–Crippen LogP) is 0.267. The van der Waals surface area contributed by atoms with Crippen molar-refractivity contribution < 1.29 is 8.42 Å². The lowest BCUT2D eigenvalue weighted by atomic mass is 9.97. The van der Waals surface area contributed by atoms with Crippen molar-refractivity contribution >= 4 is 10.0 Å². The Balaban J connectivity index is 2.32. The maximum Gasteiger partial charge on any atom is 0.213 e. The largest absolute Gasteiger partial charge is 0.316 e. The molecule has 1 aliphatic rings. The van der Waals surface area contributed by atoms with Crippen molar-refractivity contribution in [3.05, 3.63) is 0 Å². The molecule has 0 radical (unpaired) electrons. The predicted molar refractivity (Wildman–Crippen MR) is 57.7 cm³/mol. The summed E-state index contributed by atoms with van der Waals surface area (Å²) in [5, 5.41) is 3.29. The van der Waals surface area contributed by atoms with Crippen LogP contribution in [-0.2, 0) is 10.0 Å². The Hall–Kier alpha value is -0.130. The summed E-state index contributed by atoms with van der Waals surface area (Å²) in [4.78, 5) is 0. The molecule has 0 aromatic heterocycles. The Morgan fingerprint density at radius 2 is 2.14 bits per heavy atom. The van der Waals surface area contributed by atoms with Crippen LogP contribution >= 0.6 is 0 Å². The fraction of sp³-hybridized carbons (Fsp3) is 1.00. The quantitative estimate of drug-likeness (QED) is 0.740. The average Bonchev–Trinajstić information content (AvgIpc) is 2.16. The second-order valence-electron chi connectivity index (χ2n) is 4.10. The topological polar surface area (TPSA) is 49.4 Å². The van der Waals surface area contributed by atoms with Crippen LogP contribution in [0.1, 0.15) is 19.3 Å². The normalized spacial score (nSPS) is 24.1. The Morgan fingerprint density at radius 1 is 1.43 bits per heavy atom. The summed E-state index contributed by atoms with van der Waals surface area (Å²) >= 11 is 0. The molecule has 0 bridgehead atoms. The van der Waals surface area contributed by atoms with Gasteiger partial charge in [-0.05, 0) is 38.3 Å². The van der Waals surface area contributed by atoms with E-state index in [9.17, 15) is 8.42 Å². The van der Waals surface area contributed by atoms with Crippen LogP contribution in [0.3, 0.4) is 0 Å². The van der Waals surface area contributed by atoms with Crippen LogP contribution in [0.25, 0.3) is 0 Å². The Morgan fingerprint density at radius 3 is 2.64 bits per heavy atom. The van der Waals surface area contributed by atoms with Gasteiger partial charge < -0.3 is 5.32 Å². The van der Waals surface area contributed by atoms with Gasteiger partial charge in [0.25, 0.3) is 0 Å². The molecule has 1 unspecified atom stereocenters. The van der Waals surface area contributed by atoms with Gasteiger partial charge in [-0.2, -0.15) is 0 Å². The van der Waals surface area contributed by atoms with Gasteiger partial charge in [0.1, 0.15) is 0 Å². The van der Waals surface area contributed by atoms with Crippen molar-refractivity contribution in [2.45, 2.75) is 19.3 Å². The fourth-order valence-electron chi connectivity index (χ4n) is 1.67.